The molecule has 0 bridgehead atoms. The molecule has 3 aromatic heterocycles. The lowest BCUT2D eigenvalue weighted by Crippen LogP contribution is -2.74. The molecule has 2 saturated carbocycles. The number of aromatic nitrogens is 6. The minimum absolute atomic E-state index is 0.00841. The van der Waals surface area contributed by atoms with E-state index >= 15 is 0 Å². The molecule has 6 aliphatic rings. The Labute approximate surface area is 430 Å². The molecule has 4 fully saturated rings. The van der Waals surface area contributed by atoms with Gasteiger partial charge in [-0.15, -0.1) is 0 Å². The zero-order valence-electron chi connectivity index (χ0n) is 42.7. The van der Waals surface area contributed by atoms with Gasteiger partial charge in [-0.25, -0.2) is 18.7 Å². The second kappa shape index (κ2) is 18.7. The van der Waals surface area contributed by atoms with E-state index in [1.165, 1.54) is 5.69 Å². The molecule has 2 amide bonds. The SMILES string of the molecule is CC(=O)N1CCc2c(c(N3CCCc4cc(-c5cnn(C)c5)c(C(F)F)cc43)nn2C2CCC(N3CCC4(CC3)CN(c3ncc(C(=O)NC5C(C)(C)C(Oc6ccc(C#N)c(Cl)c6)C5(C)C)cn3)C4)CC2)C1. The smallest absolute Gasteiger partial charge is 0.264 e. The maximum Gasteiger partial charge on any atom is 0.264 e. The van der Waals surface area contributed by atoms with Crippen LogP contribution in [0.1, 0.15) is 130 Å². The minimum Gasteiger partial charge on any atom is -0.489 e. The molecule has 11 rings (SSSR count). The second-order valence-electron chi connectivity index (χ2n) is 22.8. The summed E-state index contributed by atoms with van der Waals surface area (Å²) in [4.78, 5) is 44.6. The van der Waals surface area contributed by atoms with Gasteiger partial charge in [-0.05, 0) is 99.8 Å². The van der Waals surface area contributed by atoms with E-state index in [1.54, 1.807) is 67.7 Å². The van der Waals surface area contributed by atoms with Crippen molar-refractivity contribution in [1.29, 1.82) is 5.26 Å². The fourth-order valence-electron chi connectivity index (χ4n) is 13.7. The first-order chi connectivity index (χ1) is 34.9. The van der Waals surface area contributed by atoms with Gasteiger partial charge in [-0.2, -0.15) is 15.5 Å². The summed E-state index contributed by atoms with van der Waals surface area (Å²) < 4.78 is 39.9. The second-order valence-corrected chi connectivity index (χ2v) is 23.2. The topological polar surface area (TPSA) is 154 Å². The largest absolute Gasteiger partial charge is 0.489 e. The Balaban J connectivity index is 0.696. The number of aryl methyl sites for hydroxylation is 2. The molecule has 2 aliphatic carbocycles. The van der Waals surface area contributed by atoms with E-state index in [1.807, 2.05) is 11.0 Å². The van der Waals surface area contributed by atoms with Gasteiger partial charge in [0.1, 0.15) is 17.9 Å². The lowest BCUT2D eigenvalue weighted by Gasteiger charge is -2.63. The monoisotopic (exact) mass is 1010 g/mol. The van der Waals surface area contributed by atoms with Crippen molar-refractivity contribution < 1.29 is 23.1 Å². The Morgan fingerprint density at radius 1 is 0.932 bits per heavy atom. The molecule has 384 valence electrons. The van der Waals surface area contributed by atoms with Crippen LogP contribution in [0.15, 0.2) is 55.1 Å². The molecular formula is C55H65ClF2N12O3. The number of nitrogens with one attached hydrogen (secondary N) is 1. The number of ether oxygens (including phenoxy) is 1. The summed E-state index contributed by atoms with van der Waals surface area (Å²) >= 11 is 6.28. The lowest BCUT2D eigenvalue weighted by molar-refractivity contribution is -0.164. The number of amides is 2. The number of anilines is 3. The molecule has 15 nitrogen and oxygen atoms in total. The predicted octanol–water partition coefficient (Wildman–Crippen LogP) is 9.22. The number of hydrogen-bond acceptors (Lipinski definition) is 11. The minimum atomic E-state index is -2.66. The van der Waals surface area contributed by atoms with E-state index in [4.69, 9.17) is 21.4 Å². The lowest BCUT2D eigenvalue weighted by atomic mass is 9.49. The molecule has 5 aromatic rings. The van der Waals surface area contributed by atoms with Crippen molar-refractivity contribution in [2.24, 2.45) is 23.3 Å². The van der Waals surface area contributed by atoms with Gasteiger partial charge in [0.25, 0.3) is 12.3 Å². The van der Waals surface area contributed by atoms with Gasteiger partial charge in [0, 0.05) is 128 Å². The number of carbonyl (C=O) groups excluding carboxylic acids is 2. The van der Waals surface area contributed by atoms with Gasteiger partial charge in [-0.3, -0.25) is 19.0 Å². The molecular weight excluding hydrogens is 950 g/mol. The average Bonchev–Trinajstić information content (AvgIpc) is 3.99. The Hall–Kier alpha value is -6.12. The van der Waals surface area contributed by atoms with Gasteiger partial charge < -0.3 is 29.7 Å². The molecule has 1 spiro atoms. The molecule has 4 aliphatic heterocycles. The number of rotatable bonds is 10. The number of nitriles is 1. The molecule has 0 radical (unpaired) electrons. The molecule has 0 unspecified atom stereocenters. The molecule has 1 N–H and O–H groups in total. The van der Waals surface area contributed by atoms with Gasteiger partial charge >= 0.3 is 0 Å². The van der Waals surface area contributed by atoms with Gasteiger partial charge in [0.15, 0.2) is 5.82 Å². The molecule has 0 atom stereocenters. The molecule has 18 heteroatoms. The number of hydrogen-bond donors (Lipinski definition) is 1. The maximum absolute atomic E-state index is 14.8. The van der Waals surface area contributed by atoms with Crippen LogP contribution in [-0.4, -0.2) is 109 Å². The molecule has 2 aromatic carbocycles. The van der Waals surface area contributed by atoms with Crippen LogP contribution >= 0.6 is 11.6 Å². The van der Waals surface area contributed by atoms with Crippen LogP contribution in [0.2, 0.25) is 5.02 Å². The van der Waals surface area contributed by atoms with Crippen LogP contribution in [0.25, 0.3) is 11.1 Å². The number of alkyl halides is 2. The van der Waals surface area contributed by atoms with Crippen molar-refractivity contribution in [2.75, 3.05) is 49.1 Å². The third-order valence-electron chi connectivity index (χ3n) is 17.4. The number of halogens is 3. The number of nitrogens with zero attached hydrogens (tertiary/aromatic N) is 11. The number of benzene rings is 2. The highest BCUT2D eigenvalue weighted by atomic mass is 35.5. The molecule has 2 saturated heterocycles. The Kier molecular flexibility index (Phi) is 12.6. The van der Waals surface area contributed by atoms with E-state index in [2.05, 4.69) is 73.5 Å². The molecule has 73 heavy (non-hydrogen) atoms. The summed E-state index contributed by atoms with van der Waals surface area (Å²) in [5, 5.41) is 22.5. The first kappa shape index (κ1) is 49.1. The zero-order valence-corrected chi connectivity index (χ0v) is 43.4. The standard InChI is InChI=1S/C55H65ClF2N12O3/c1-33(71)67-19-15-45-43(30-67)48(69-18-7-8-34-22-41(37-28-62-65(6)29-37)42(47(57)58)24-46(34)69)64-70(45)39-12-10-38(11-13-39)66-20-16-55(17-21-66)31-68(32-55)52-60-26-36(27-61-52)49(72)63-50-53(2,3)51(54(50,4)5)73-40-14-9-35(25-59)44(56)23-40/h9,14,22-24,26-29,38-39,47,50-51H,7-8,10-13,15-21,30-32H2,1-6H3,(H,63,72). The summed E-state index contributed by atoms with van der Waals surface area (Å²) in [6, 6.07) is 11.3. The normalized spacial score (nSPS) is 24.0. The van der Waals surface area contributed by atoms with E-state index < -0.39 is 17.3 Å². The number of piperidine rings is 1. The van der Waals surface area contributed by atoms with Crippen LogP contribution in [-0.2, 0) is 31.2 Å². The number of carbonyl (C=O) groups is 2. The van der Waals surface area contributed by atoms with E-state index in [0.29, 0.717) is 64.7 Å². The third-order valence-corrected chi connectivity index (χ3v) is 17.8. The molecule has 7 heterocycles. The summed E-state index contributed by atoms with van der Waals surface area (Å²) in [5.41, 5.74) is 5.47. The van der Waals surface area contributed by atoms with Crippen molar-refractivity contribution >= 4 is 40.9 Å². The van der Waals surface area contributed by atoms with Crippen molar-refractivity contribution in [3.8, 4) is 22.9 Å². The third kappa shape index (κ3) is 8.79. The van der Waals surface area contributed by atoms with E-state index in [-0.39, 0.29) is 41.0 Å². The van der Waals surface area contributed by atoms with Crippen LogP contribution in [0.5, 0.6) is 5.75 Å². The zero-order chi connectivity index (χ0) is 51.1. The van der Waals surface area contributed by atoms with Crippen molar-refractivity contribution in [2.45, 2.75) is 130 Å². The highest BCUT2D eigenvalue weighted by molar-refractivity contribution is 6.31. The summed E-state index contributed by atoms with van der Waals surface area (Å²) in [7, 11) is 1.79. The summed E-state index contributed by atoms with van der Waals surface area (Å²) in [6.45, 7) is 15.6. The van der Waals surface area contributed by atoms with Crippen LogP contribution in [0, 0.1) is 27.6 Å². The summed E-state index contributed by atoms with van der Waals surface area (Å²) in [5.74, 6) is 1.84. The first-order valence-corrected chi connectivity index (χ1v) is 26.4. The Morgan fingerprint density at radius 3 is 2.29 bits per heavy atom. The maximum atomic E-state index is 14.8. The van der Waals surface area contributed by atoms with E-state index in [9.17, 15) is 23.6 Å². The highest BCUT2D eigenvalue weighted by Gasteiger charge is 2.64. The Bertz CT molecular complexity index is 2960. The first-order valence-electron chi connectivity index (χ1n) is 26.0. The predicted molar refractivity (Wildman–Crippen MR) is 274 cm³/mol. The number of fused-ring (bicyclic) bond motifs is 2. The van der Waals surface area contributed by atoms with E-state index in [0.717, 1.165) is 107 Å². The van der Waals surface area contributed by atoms with Crippen LogP contribution in [0.3, 0.4) is 0 Å². The van der Waals surface area contributed by atoms with Crippen molar-refractivity contribution in [3.05, 3.63) is 93.7 Å². The van der Waals surface area contributed by atoms with Crippen molar-refractivity contribution in [3.63, 3.8) is 0 Å². The Morgan fingerprint density at radius 2 is 1.64 bits per heavy atom. The fraction of sp³-hybridized carbons (Fsp3) is 0.545. The van der Waals surface area contributed by atoms with Gasteiger partial charge in [-0.1, -0.05) is 39.3 Å². The quantitative estimate of drug-likeness (QED) is 0.143. The number of likely N-dealkylation sites (tertiary alicyclic amines) is 1. The highest BCUT2D eigenvalue weighted by Crippen LogP contribution is 2.56. The van der Waals surface area contributed by atoms with Gasteiger partial charge in [0.05, 0.1) is 34.9 Å². The van der Waals surface area contributed by atoms with Crippen molar-refractivity contribution in [1.82, 2.24) is 44.6 Å². The van der Waals surface area contributed by atoms with Crippen LogP contribution in [0.4, 0.5) is 26.2 Å². The van der Waals surface area contributed by atoms with Gasteiger partial charge in [0.2, 0.25) is 11.9 Å². The fourth-order valence-corrected chi connectivity index (χ4v) is 14.0. The summed E-state index contributed by atoms with van der Waals surface area (Å²) in [6.07, 6.45) is 12.6. The average molecular weight is 1020 g/mol. The van der Waals surface area contributed by atoms with Crippen LogP contribution < -0.4 is 19.9 Å².